The van der Waals surface area contributed by atoms with E-state index in [1.807, 2.05) is 0 Å². The molecule has 0 aliphatic rings. The minimum Gasteiger partial charge on any atom is -0.409 e. The minimum absolute atomic E-state index is 0.0225. The van der Waals surface area contributed by atoms with Crippen LogP contribution in [0.2, 0.25) is 0 Å². The van der Waals surface area contributed by atoms with Gasteiger partial charge in [-0.15, -0.1) is 0 Å². The molecule has 3 unspecified atom stereocenters. The second-order valence-corrected chi connectivity index (χ2v) is 10.3. The second kappa shape index (κ2) is 22.7. The third-order valence-corrected chi connectivity index (χ3v) is 5.76. The summed E-state index contributed by atoms with van der Waals surface area (Å²) in [6.07, 6.45) is -2.44. The van der Waals surface area contributed by atoms with Crippen molar-refractivity contribution in [1.29, 1.82) is 5.26 Å². The number of oxime groups is 1. The number of nitrogens with two attached hydrogens (primary N) is 1. The topological polar surface area (TPSA) is 255 Å². The van der Waals surface area contributed by atoms with Gasteiger partial charge in [-0.2, -0.15) is 15.2 Å². The number of rotatable bonds is 6. The van der Waals surface area contributed by atoms with Gasteiger partial charge in [0.1, 0.15) is 35.8 Å². The molecule has 0 aliphatic carbocycles. The van der Waals surface area contributed by atoms with Crippen LogP contribution in [0.3, 0.4) is 0 Å². The fourth-order valence-electron chi connectivity index (χ4n) is 2.85. The molecule has 5 aromatic rings. The van der Waals surface area contributed by atoms with Crippen molar-refractivity contribution in [3.05, 3.63) is 107 Å². The number of amidine groups is 1. The Hall–Kier alpha value is -6.00. The highest BCUT2D eigenvalue weighted by Gasteiger charge is 2.13. The number of Topliss-reactive ketones (excluding diaryl/α,β-unsaturated/α-hetero) is 1. The normalized spacial score (nSPS) is 11.9. The quantitative estimate of drug-likeness (QED) is 0.0284. The van der Waals surface area contributed by atoms with E-state index in [-0.39, 0.29) is 52.5 Å². The van der Waals surface area contributed by atoms with Crippen LogP contribution in [-0.2, 0) is 0 Å². The number of nitrogens with zero attached hydrogens (tertiary/aromatic N) is 6. The van der Waals surface area contributed by atoms with Crippen LogP contribution < -0.4 is 5.73 Å². The molecule has 0 saturated carbocycles. The number of carbonyl (C=O) groups excluding carboxylic acids is 2. The van der Waals surface area contributed by atoms with Crippen molar-refractivity contribution in [3.63, 3.8) is 0 Å². The van der Waals surface area contributed by atoms with Crippen LogP contribution in [0.4, 0.5) is 13.2 Å². The van der Waals surface area contributed by atoms with Gasteiger partial charge < -0.3 is 35.3 Å². The van der Waals surface area contributed by atoms with Crippen molar-refractivity contribution in [2.24, 2.45) is 10.9 Å². The summed E-state index contributed by atoms with van der Waals surface area (Å²) in [5.41, 5.74) is 6.38. The van der Waals surface area contributed by atoms with Crippen LogP contribution in [0, 0.1) is 28.8 Å². The molecule has 0 saturated heterocycles. The van der Waals surface area contributed by atoms with E-state index in [9.17, 15) is 27.9 Å². The van der Waals surface area contributed by atoms with Crippen LogP contribution in [0.15, 0.2) is 87.0 Å². The number of aromatic nitrogens is 4. The molecule has 276 valence electrons. The third-order valence-electron chi connectivity index (χ3n) is 5.54. The molecule has 0 fully saturated rings. The highest BCUT2D eigenvalue weighted by Crippen LogP contribution is 2.19. The number of ketones is 1. The van der Waals surface area contributed by atoms with Gasteiger partial charge in [0.05, 0.1) is 6.07 Å². The van der Waals surface area contributed by atoms with Gasteiger partial charge in [0.2, 0.25) is 11.6 Å². The first-order chi connectivity index (χ1) is 24.5. The average molecular weight is 748 g/mol. The van der Waals surface area contributed by atoms with Gasteiger partial charge >= 0.3 is 0 Å². The summed E-state index contributed by atoms with van der Waals surface area (Å²) in [5.74, 6) is -0.761. The highest BCUT2D eigenvalue weighted by molar-refractivity contribution is 6.67. The van der Waals surface area contributed by atoms with Gasteiger partial charge in [-0.1, -0.05) is 15.5 Å². The lowest BCUT2D eigenvalue weighted by Gasteiger charge is -1.96. The molecule has 52 heavy (non-hydrogen) atoms. The van der Waals surface area contributed by atoms with Gasteiger partial charge in [0.15, 0.2) is 11.7 Å². The van der Waals surface area contributed by atoms with Crippen LogP contribution in [0.25, 0.3) is 22.9 Å². The molecule has 5 rings (SSSR count). The number of aliphatic hydroxyl groups is 3. The molecule has 2 heterocycles. The van der Waals surface area contributed by atoms with Crippen molar-refractivity contribution >= 4 is 28.5 Å². The first-order valence-corrected chi connectivity index (χ1v) is 14.9. The fourth-order valence-corrected chi connectivity index (χ4v) is 2.98. The summed E-state index contributed by atoms with van der Waals surface area (Å²) in [4.78, 5) is 29.1. The highest BCUT2D eigenvalue weighted by atomic mass is 35.5. The zero-order chi connectivity index (χ0) is 39.4. The lowest BCUT2D eigenvalue weighted by Crippen LogP contribution is -2.25. The molecule has 0 aliphatic heterocycles. The van der Waals surface area contributed by atoms with Crippen LogP contribution >= 0.6 is 11.6 Å². The first-order valence-electron chi connectivity index (χ1n) is 14.6. The Morgan fingerprint density at radius 1 is 0.808 bits per heavy atom. The molecule has 0 bridgehead atoms. The third kappa shape index (κ3) is 16.6. The zero-order valence-electron chi connectivity index (χ0n) is 27.9. The molecule has 3 aromatic carbocycles. The van der Waals surface area contributed by atoms with Gasteiger partial charge in [-0.3, -0.25) is 9.59 Å². The molecule has 3 atom stereocenters. The monoisotopic (exact) mass is 747 g/mol. The van der Waals surface area contributed by atoms with E-state index in [0.717, 1.165) is 0 Å². The summed E-state index contributed by atoms with van der Waals surface area (Å²) in [6.45, 7) is 5.72. The van der Waals surface area contributed by atoms with Crippen molar-refractivity contribution in [2.75, 3.05) is 0 Å². The number of benzene rings is 3. The standard InChI is InChI=1S/C10H9FN2O2.C10H7FN2O2.C7H4ClFO.C3H8N2O2.C3H5NO/c2*1-6(14)9-12-10(15-13-9)7-2-4-8(11)5-3-7;8-7(10)5-1-3-6(9)4-2-5;1-2(6)3(4)5-7;1-3(5)2-4/h2-6,14H,1H3;2-5H,1H3;1-4H;2,6-7H,1H3,(H2,4,5);3,5H,1H3. The summed E-state index contributed by atoms with van der Waals surface area (Å²) >= 11 is 5.09. The summed E-state index contributed by atoms with van der Waals surface area (Å²) < 4.78 is 47.2. The van der Waals surface area contributed by atoms with Crippen LogP contribution in [-0.4, -0.2) is 69.9 Å². The van der Waals surface area contributed by atoms with Gasteiger partial charge in [0, 0.05) is 23.6 Å². The van der Waals surface area contributed by atoms with Gasteiger partial charge in [-0.25, -0.2) is 13.2 Å². The van der Waals surface area contributed by atoms with E-state index in [0.29, 0.717) is 16.7 Å². The molecule has 2 aromatic heterocycles. The Morgan fingerprint density at radius 3 is 1.50 bits per heavy atom. The summed E-state index contributed by atoms with van der Waals surface area (Å²) in [5, 5.41) is 50.1. The van der Waals surface area contributed by atoms with Crippen molar-refractivity contribution in [2.45, 2.75) is 46.0 Å². The number of hydrogen-bond donors (Lipinski definition) is 5. The largest absolute Gasteiger partial charge is 0.409 e. The summed E-state index contributed by atoms with van der Waals surface area (Å²) in [6, 6.07) is 17.9. The maximum absolute atomic E-state index is 12.6. The van der Waals surface area contributed by atoms with E-state index >= 15 is 0 Å². The predicted octanol–water partition coefficient (Wildman–Crippen LogP) is 5.22. The second-order valence-electron chi connectivity index (χ2n) is 9.91. The molecule has 6 N–H and O–H groups in total. The molecule has 15 nitrogen and oxygen atoms in total. The van der Waals surface area contributed by atoms with Gasteiger partial charge in [0.25, 0.3) is 17.0 Å². The van der Waals surface area contributed by atoms with E-state index < -0.39 is 23.6 Å². The Labute approximate surface area is 299 Å². The number of halogens is 4. The molecule has 0 radical (unpaired) electrons. The number of aliphatic hydroxyl groups excluding tert-OH is 3. The predicted molar refractivity (Wildman–Crippen MR) is 179 cm³/mol. The van der Waals surface area contributed by atoms with E-state index in [4.69, 9.17) is 47.1 Å². The molecular weight excluding hydrogens is 715 g/mol. The van der Waals surface area contributed by atoms with E-state index in [1.54, 1.807) is 13.0 Å². The Kier molecular flexibility index (Phi) is 19.2. The van der Waals surface area contributed by atoms with Gasteiger partial charge in [-0.05, 0) is 105 Å². The van der Waals surface area contributed by atoms with E-state index in [1.165, 1.54) is 93.6 Å². The van der Waals surface area contributed by atoms with Crippen molar-refractivity contribution in [1.82, 2.24) is 20.3 Å². The van der Waals surface area contributed by atoms with Crippen molar-refractivity contribution < 1.29 is 52.3 Å². The lowest BCUT2D eigenvalue weighted by atomic mass is 10.2. The first kappa shape index (κ1) is 44.0. The number of nitriles is 1. The molecule has 19 heteroatoms. The molecule has 0 spiro atoms. The lowest BCUT2D eigenvalue weighted by molar-refractivity contribution is 0.1000. The smallest absolute Gasteiger partial charge is 0.258 e. The van der Waals surface area contributed by atoms with Crippen LogP contribution in [0.5, 0.6) is 0 Å². The average Bonchev–Trinajstić information content (AvgIpc) is 3.82. The minimum atomic E-state index is -0.856. The zero-order valence-corrected chi connectivity index (χ0v) is 28.6. The Balaban J connectivity index is 0.000000344. The van der Waals surface area contributed by atoms with E-state index in [2.05, 4.69) is 25.4 Å². The Morgan fingerprint density at radius 2 is 1.21 bits per heavy atom. The molecule has 0 amide bonds. The Bertz CT molecular complexity index is 1890. The number of hydrogen-bond acceptors (Lipinski definition) is 14. The van der Waals surface area contributed by atoms with Crippen LogP contribution in [0.1, 0.15) is 60.6 Å². The molecular formula is C33H33ClF3N7O8. The summed E-state index contributed by atoms with van der Waals surface area (Å²) in [7, 11) is 0. The van der Waals surface area contributed by atoms with Crippen molar-refractivity contribution in [3.8, 4) is 29.0 Å². The maximum atomic E-state index is 12.6. The number of carbonyl (C=O) groups is 2. The SMILES string of the molecule is CC(=O)c1noc(-c2ccc(F)cc2)n1.CC(O)C#N.CC(O)C(N)=NO.CC(O)c1noc(-c2ccc(F)cc2)n1.O=C(Cl)c1ccc(F)cc1. The maximum Gasteiger partial charge on any atom is 0.258 e. The fraction of sp³-hybridized carbons (Fsp3) is 0.212.